The number of rotatable bonds is 26. The van der Waals surface area contributed by atoms with Gasteiger partial charge in [0.15, 0.2) is 0 Å². The van der Waals surface area contributed by atoms with E-state index >= 15 is 0 Å². The molecule has 0 bridgehead atoms. The highest BCUT2D eigenvalue weighted by Crippen LogP contribution is 2.32. The van der Waals surface area contributed by atoms with Crippen molar-refractivity contribution in [2.75, 3.05) is 70.0 Å². The van der Waals surface area contributed by atoms with Gasteiger partial charge in [-0.25, -0.2) is 0 Å². The maximum Gasteiger partial charge on any atom is 0.323 e. The number of pyridine rings is 1. The number of fused-ring (bicyclic) bond motifs is 1. The maximum absolute atomic E-state index is 13.3. The van der Waals surface area contributed by atoms with Crippen molar-refractivity contribution < 1.29 is 48.3 Å². The fraction of sp³-hybridized carbons (Fsp3) is 0.423. The van der Waals surface area contributed by atoms with Crippen LogP contribution in [-0.2, 0) is 41.7 Å². The average molecular weight is 974 g/mol. The SMILES string of the molecule is NC(=NC(=[NH2+])c1ccncc1)C1(Nc2cccc(C(=O)NCc3cccc(OCCCCCCOCCOCCOCCC(=O)Nc4cccc5c4CN(C4CCC(=O)NC4=O)C5=O)c3)c2)CCNCC1. The van der Waals surface area contributed by atoms with E-state index in [1.165, 1.54) is 4.90 Å². The smallest absolute Gasteiger partial charge is 0.323 e. The van der Waals surface area contributed by atoms with E-state index in [1.54, 1.807) is 48.8 Å². The first-order chi connectivity index (χ1) is 34.6. The molecule has 9 N–H and O–H groups in total. The van der Waals surface area contributed by atoms with Gasteiger partial charge < -0.3 is 50.8 Å². The van der Waals surface area contributed by atoms with Crippen LogP contribution in [0.3, 0.4) is 0 Å². The maximum atomic E-state index is 13.3. The standard InChI is InChI=1S/C52H64N10O9/c53-47(37-16-21-55-22-17-37)60-51(54)52(19-23-56-24-20-52)61-39-10-6-9-38(33-39)48(65)57-34-36-8-5-11-40(32-36)71-26-4-2-1-3-25-68-28-30-70-31-29-69-27-18-46(64)58-43-13-7-12-41-42(43)35-62(50(41)67)44-14-15-45(63)59-49(44)66/h5-13,16-17,21-22,32-33,44,56,61H,1-4,14-15,18-20,23-31,34-35H2,(H,57,65)(H,58,64)(H3,53,54,60)(H,59,63,66)/p+1. The van der Waals surface area contributed by atoms with E-state index < -0.39 is 17.5 Å². The molecule has 0 saturated carbocycles. The molecule has 2 saturated heterocycles. The second-order valence-electron chi connectivity index (χ2n) is 17.6. The van der Waals surface area contributed by atoms with E-state index in [2.05, 4.69) is 36.6 Å². The third-order valence-corrected chi connectivity index (χ3v) is 12.5. The number of benzene rings is 3. The van der Waals surface area contributed by atoms with Crippen molar-refractivity contribution in [2.45, 2.75) is 82.5 Å². The molecule has 3 aromatic carbocycles. The minimum atomic E-state index is -0.726. The molecule has 1 atom stereocenters. The van der Waals surface area contributed by atoms with E-state index in [-0.39, 0.29) is 56.0 Å². The van der Waals surface area contributed by atoms with Crippen LogP contribution >= 0.6 is 0 Å². The van der Waals surface area contributed by atoms with Crippen molar-refractivity contribution in [2.24, 2.45) is 10.7 Å². The van der Waals surface area contributed by atoms with Gasteiger partial charge in [-0.3, -0.25) is 39.7 Å². The Balaban J connectivity index is 0.699. The van der Waals surface area contributed by atoms with Crippen LogP contribution in [0.4, 0.5) is 11.4 Å². The van der Waals surface area contributed by atoms with Crippen LogP contribution in [0.2, 0.25) is 0 Å². The summed E-state index contributed by atoms with van der Waals surface area (Å²) < 4.78 is 22.9. The fourth-order valence-electron chi connectivity index (χ4n) is 8.64. The Bertz CT molecular complexity index is 2520. The summed E-state index contributed by atoms with van der Waals surface area (Å²) in [6, 6.07) is 23.1. The summed E-state index contributed by atoms with van der Waals surface area (Å²) in [7, 11) is 0. The third kappa shape index (κ3) is 15.0. The highest BCUT2D eigenvalue weighted by molar-refractivity contribution is 6.08. The lowest BCUT2D eigenvalue weighted by atomic mass is 9.86. The van der Waals surface area contributed by atoms with Crippen molar-refractivity contribution in [3.8, 4) is 5.75 Å². The first-order valence-electron chi connectivity index (χ1n) is 24.3. The van der Waals surface area contributed by atoms with Gasteiger partial charge in [-0.15, -0.1) is 0 Å². The summed E-state index contributed by atoms with van der Waals surface area (Å²) in [4.78, 5) is 73.1. The zero-order valence-electron chi connectivity index (χ0n) is 40.1. The zero-order valence-corrected chi connectivity index (χ0v) is 40.1. The summed E-state index contributed by atoms with van der Waals surface area (Å²) in [5.74, 6) is -0.132. The van der Waals surface area contributed by atoms with E-state index in [1.807, 2.05) is 42.5 Å². The number of nitrogens with one attached hydrogen (secondary N) is 5. The predicted octanol–water partition coefficient (Wildman–Crippen LogP) is 2.89. The van der Waals surface area contributed by atoms with Crippen molar-refractivity contribution in [3.05, 3.63) is 119 Å². The van der Waals surface area contributed by atoms with Crippen molar-refractivity contribution in [3.63, 3.8) is 0 Å². The molecule has 3 aliphatic heterocycles. The summed E-state index contributed by atoms with van der Waals surface area (Å²) >= 11 is 0. The Kier molecular flexibility index (Phi) is 19.1. The monoisotopic (exact) mass is 973 g/mol. The van der Waals surface area contributed by atoms with Gasteiger partial charge in [0, 0.05) is 66.6 Å². The quantitative estimate of drug-likeness (QED) is 0.0207. The first-order valence-corrected chi connectivity index (χ1v) is 24.3. The van der Waals surface area contributed by atoms with Crippen molar-refractivity contribution >= 4 is 52.6 Å². The Morgan fingerprint density at radius 2 is 1.55 bits per heavy atom. The van der Waals surface area contributed by atoms with Crippen molar-refractivity contribution in [1.29, 1.82) is 0 Å². The molecule has 19 heteroatoms. The van der Waals surface area contributed by atoms with E-state index in [9.17, 15) is 24.0 Å². The van der Waals surface area contributed by atoms with Gasteiger partial charge in [0.2, 0.25) is 23.6 Å². The Hall–Kier alpha value is -7.06. The van der Waals surface area contributed by atoms with E-state index in [0.717, 1.165) is 61.3 Å². The van der Waals surface area contributed by atoms with Crippen LogP contribution in [0.25, 0.3) is 0 Å². The van der Waals surface area contributed by atoms with Gasteiger partial charge >= 0.3 is 5.84 Å². The number of nitrogens with zero attached hydrogens (tertiary/aromatic N) is 3. The van der Waals surface area contributed by atoms with Gasteiger partial charge in [-0.2, -0.15) is 0 Å². The van der Waals surface area contributed by atoms with Crippen LogP contribution in [0.5, 0.6) is 5.75 Å². The lowest BCUT2D eigenvalue weighted by Gasteiger charge is -2.36. The molecule has 4 aromatic rings. The molecular weight excluding hydrogens is 909 g/mol. The van der Waals surface area contributed by atoms with E-state index in [0.29, 0.717) is 93.1 Å². The minimum absolute atomic E-state index is 0.119. The number of ether oxygens (including phenoxy) is 4. The van der Waals surface area contributed by atoms with Gasteiger partial charge in [-0.1, -0.05) is 30.7 Å². The molecule has 5 amide bonds. The molecule has 71 heavy (non-hydrogen) atoms. The largest absolute Gasteiger partial charge is 0.494 e. The number of aliphatic imine (C=N–C) groups is 1. The Labute approximate surface area is 413 Å². The van der Waals surface area contributed by atoms with Crippen molar-refractivity contribution in [1.82, 2.24) is 25.8 Å². The average Bonchev–Trinajstić information content (AvgIpc) is 3.72. The van der Waals surface area contributed by atoms with E-state index in [4.69, 9.17) is 30.1 Å². The highest BCUT2D eigenvalue weighted by atomic mass is 16.5. The normalized spacial score (nSPS) is 16.5. The molecular formula is C52H65N10O9+. The van der Waals surface area contributed by atoms with Crippen LogP contribution in [0.1, 0.15) is 95.2 Å². The lowest BCUT2D eigenvalue weighted by molar-refractivity contribution is -0.137. The lowest BCUT2D eigenvalue weighted by Crippen LogP contribution is -2.57. The Morgan fingerprint density at radius 3 is 2.32 bits per heavy atom. The molecule has 0 radical (unpaired) electrons. The third-order valence-electron chi connectivity index (χ3n) is 12.5. The molecule has 376 valence electrons. The second kappa shape index (κ2) is 26.2. The number of imide groups is 1. The Morgan fingerprint density at radius 1 is 0.831 bits per heavy atom. The number of amidine groups is 2. The fourth-order valence-corrected chi connectivity index (χ4v) is 8.64. The topological polar surface area (TPSA) is 263 Å². The number of anilines is 2. The second-order valence-corrected chi connectivity index (χ2v) is 17.6. The molecule has 19 nitrogen and oxygen atoms in total. The first kappa shape index (κ1) is 51.8. The van der Waals surface area contributed by atoms with Crippen LogP contribution in [0.15, 0.2) is 96.2 Å². The van der Waals surface area contributed by atoms with Gasteiger partial charge in [0.1, 0.15) is 17.3 Å². The number of carbonyl (C=O) groups is 5. The summed E-state index contributed by atoms with van der Waals surface area (Å²) in [5, 5.41) is 21.5. The molecule has 2 fully saturated rings. The molecule has 4 heterocycles. The number of piperidine rings is 2. The number of amides is 5. The zero-order chi connectivity index (χ0) is 49.8. The number of carbonyl (C=O) groups excluding carboxylic acids is 5. The number of hydrogen-bond donors (Lipinski definition) is 7. The highest BCUT2D eigenvalue weighted by Gasteiger charge is 2.41. The summed E-state index contributed by atoms with van der Waals surface area (Å²) in [6.45, 7) is 5.06. The number of aromatic nitrogens is 1. The predicted molar refractivity (Wildman–Crippen MR) is 267 cm³/mol. The molecule has 0 spiro atoms. The van der Waals surface area contributed by atoms with Crippen LogP contribution < -0.4 is 42.5 Å². The molecule has 1 aromatic heterocycles. The number of nitrogens with two attached hydrogens (primary N) is 2. The van der Waals surface area contributed by atoms with Crippen LogP contribution in [0, 0.1) is 0 Å². The number of hydrogen-bond acceptors (Lipinski definition) is 12. The minimum Gasteiger partial charge on any atom is -0.494 e. The van der Waals surface area contributed by atoms with Gasteiger partial charge in [0.25, 0.3) is 11.8 Å². The molecule has 0 aliphatic carbocycles. The molecule has 1 unspecified atom stereocenters. The van der Waals surface area contributed by atoms with Crippen LogP contribution in [-0.4, -0.2) is 122 Å². The van der Waals surface area contributed by atoms with Gasteiger partial charge in [0.05, 0.1) is 51.6 Å². The summed E-state index contributed by atoms with van der Waals surface area (Å²) in [5.41, 5.74) is 10.5. The molecule has 3 aliphatic rings. The van der Waals surface area contributed by atoms with Gasteiger partial charge in [-0.05, 0) is 117 Å². The molecule has 7 rings (SSSR count). The summed E-state index contributed by atoms with van der Waals surface area (Å²) in [6.07, 6.45) is 9.10. The number of unbranched alkanes of at least 4 members (excludes halogenated alkanes) is 3.